The Morgan fingerprint density at radius 1 is 1.13 bits per heavy atom. The molecular weight excluding hydrogens is 424 g/mol. The van der Waals surface area contributed by atoms with Gasteiger partial charge in [0.1, 0.15) is 0 Å². The summed E-state index contributed by atoms with van der Waals surface area (Å²) in [5.41, 5.74) is 0.188. The van der Waals surface area contributed by atoms with Crippen molar-refractivity contribution in [2.75, 3.05) is 37.6 Å². The van der Waals surface area contributed by atoms with Crippen molar-refractivity contribution < 1.29 is 21.0 Å². The number of alkyl halides is 3. The first-order valence-electron chi connectivity index (χ1n) is 7.36. The van der Waals surface area contributed by atoms with Crippen LogP contribution in [0.5, 0.6) is 0 Å². The second-order valence-electron chi connectivity index (χ2n) is 5.43. The largest absolute Gasteiger partial charge is 0.416 e. The van der Waals surface area contributed by atoms with Gasteiger partial charge in [-0.1, -0.05) is 0 Å². The minimum Gasteiger partial charge on any atom is -0.394 e. The van der Waals surface area contributed by atoms with Gasteiger partial charge in [-0.15, -0.1) is 0 Å². The zero-order chi connectivity index (χ0) is 16.9. The Kier molecular flexibility index (Phi) is 6.51. The van der Waals surface area contributed by atoms with Gasteiger partial charge in [-0.2, -0.15) is 13.2 Å². The minimum atomic E-state index is -4.30. The summed E-state index contributed by atoms with van der Waals surface area (Å²) in [5.74, 6) is -0.214. The molecule has 0 spiro atoms. The van der Waals surface area contributed by atoms with Crippen LogP contribution in [0, 0.1) is 0 Å². The van der Waals surface area contributed by atoms with Gasteiger partial charge >= 0.3 is 12.1 Å². The molecule has 0 aromatic heterocycles. The van der Waals surface area contributed by atoms with Crippen molar-refractivity contribution in [2.24, 2.45) is 0 Å². The number of hydrogen-bond donors (Lipinski definition) is 0. The standard InChI is InChI=1S/C15H18F3IN2O2/c16-15(17,18)12-3-5-13(6-4-12)21-10-8-20(9-11-21)7-1-2-14(22)23-19/h3-6H,1-2,7-11H2. The molecular formula is C15H18F3IN2O2. The number of carbonyl (C=O) groups is 1. The van der Waals surface area contributed by atoms with Gasteiger partial charge in [-0.3, -0.25) is 9.69 Å². The summed E-state index contributed by atoms with van der Waals surface area (Å²) < 4.78 is 42.3. The highest BCUT2D eigenvalue weighted by Gasteiger charge is 2.30. The average molecular weight is 442 g/mol. The summed E-state index contributed by atoms with van der Waals surface area (Å²) in [6, 6.07) is 5.29. The summed E-state index contributed by atoms with van der Waals surface area (Å²) in [6.45, 7) is 4.03. The number of anilines is 1. The number of halogens is 4. The van der Waals surface area contributed by atoms with E-state index >= 15 is 0 Å². The lowest BCUT2D eigenvalue weighted by Crippen LogP contribution is -2.46. The van der Waals surface area contributed by atoms with E-state index in [-0.39, 0.29) is 5.97 Å². The molecule has 128 valence electrons. The lowest BCUT2D eigenvalue weighted by atomic mass is 10.1. The van der Waals surface area contributed by atoms with E-state index in [9.17, 15) is 18.0 Å². The fraction of sp³-hybridized carbons (Fsp3) is 0.533. The highest BCUT2D eigenvalue weighted by molar-refractivity contribution is 14.1. The summed E-state index contributed by atoms with van der Waals surface area (Å²) in [7, 11) is 0. The van der Waals surface area contributed by atoms with Crippen LogP contribution in [0.4, 0.5) is 18.9 Å². The van der Waals surface area contributed by atoms with Crippen LogP contribution in [0.3, 0.4) is 0 Å². The van der Waals surface area contributed by atoms with Crippen molar-refractivity contribution in [3.8, 4) is 0 Å². The second-order valence-corrected chi connectivity index (χ2v) is 5.87. The number of rotatable bonds is 5. The van der Waals surface area contributed by atoms with Crippen LogP contribution >= 0.6 is 23.0 Å². The first-order chi connectivity index (χ1) is 10.9. The van der Waals surface area contributed by atoms with Crippen LogP contribution in [0.1, 0.15) is 18.4 Å². The van der Waals surface area contributed by atoms with Gasteiger partial charge in [-0.05, 0) is 37.2 Å². The molecule has 23 heavy (non-hydrogen) atoms. The third-order valence-electron chi connectivity index (χ3n) is 3.87. The van der Waals surface area contributed by atoms with Crippen molar-refractivity contribution in [1.29, 1.82) is 0 Å². The van der Waals surface area contributed by atoms with Gasteiger partial charge < -0.3 is 7.97 Å². The second kappa shape index (κ2) is 8.18. The summed E-state index contributed by atoms with van der Waals surface area (Å²) >= 11 is 1.58. The molecule has 1 heterocycles. The van der Waals surface area contributed by atoms with Crippen molar-refractivity contribution >= 4 is 34.7 Å². The van der Waals surface area contributed by atoms with Crippen LogP contribution in [0.2, 0.25) is 0 Å². The van der Waals surface area contributed by atoms with Gasteiger partial charge in [-0.25, -0.2) is 0 Å². The molecule has 1 saturated heterocycles. The topological polar surface area (TPSA) is 32.8 Å². The molecule has 1 aliphatic heterocycles. The molecule has 0 unspecified atom stereocenters. The molecule has 4 nitrogen and oxygen atoms in total. The van der Waals surface area contributed by atoms with Gasteiger partial charge in [0.15, 0.2) is 23.0 Å². The van der Waals surface area contributed by atoms with Crippen molar-refractivity contribution in [2.45, 2.75) is 19.0 Å². The average Bonchev–Trinajstić information content (AvgIpc) is 2.54. The molecule has 0 aliphatic carbocycles. The van der Waals surface area contributed by atoms with E-state index in [0.29, 0.717) is 6.42 Å². The molecule has 1 fully saturated rings. The Hall–Kier alpha value is -1.03. The lowest BCUT2D eigenvalue weighted by Gasteiger charge is -2.36. The fourth-order valence-corrected chi connectivity index (χ4v) is 2.80. The van der Waals surface area contributed by atoms with Gasteiger partial charge in [0.05, 0.1) is 5.56 Å². The maximum Gasteiger partial charge on any atom is 0.416 e. The zero-order valence-electron chi connectivity index (χ0n) is 12.5. The Balaban J connectivity index is 1.79. The lowest BCUT2D eigenvalue weighted by molar-refractivity contribution is -0.137. The predicted molar refractivity (Wildman–Crippen MR) is 89.4 cm³/mol. The van der Waals surface area contributed by atoms with E-state index in [4.69, 9.17) is 0 Å². The third kappa shape index (κ3) is 5.52. The Labute approximate surface area is 147 Å². The Bertz CT molecular complexity index is 514. The number of piperazine rings is 1. The van der Waals surface area contributed by atoms with Crippen molar-refractivity contribution in [3.05, 3.63) is 29.8 Å². The molecule has 0 amide bonds. The highest BCUT2D eigenvalue weighted by Crippen LogP contribution is 2.30. The number of nitrogens with zero attached hydrogens (tertiary/aromatic N) is 2. The van der Waals surface area contributed by atoms with E-state index in [1.807, 2.05) is 0 Å². The quantitative estimate of drug-likeness (QED) is 0.654. The van der Waals surface area contributed by atoms with Crippen LogP contribution in [0.15, 0.2) is 24.3 Å². The Morgan fingerprint density at radius 3 is 2.26 bits per heavy atom. The van der Waals surface area contributed by atoms with Gasteiger partial charge in [0.2, 0.25) is 0 Å². The fourth-order valence-electron chi connectivity index (χ4n) is 2.58. The monoisotopic (exact) mass is 442 g/mol. The minimum absolute atomic E-state index is 0.214. The smallest absolute Gasteiger partial charge is 0.394 e. The van der Waals surface area contributed by atoms with E-state index in [1.54, 1.807) is 23.0 Å². The molecule has 0 atom stereocenters. The Morgan fingerprint density at radius 2 is 1.74 bits per heavy atom. The molecule has 0 bridgehead atoms. The van der Waals surface area contributed by atoms with Crippen LogP contribution in [-0.4, -0.2) is 43.6 Å². The van der Waals surface area contributed by atoms with Crippen LogP contribution < -0.4 is 4.90 Å². The molecule has 1 aromatic carbocycles. The van der Waals surface area contributed by atoms with Gasteiger partial charge in [0.25, 0.3) is 0 Å². The molecule has 1 aromatic rings. The maximum atomic E-state index is 12.6. The third-order valence-corrected chi connectivity index (χ3v) is 4.36. The molecule has 1 aliphatic rings. The molecule has 2 rings (SSSR count). The van der Waals surface area contributed by atoms with E-state index < -0.39 is 11.7 Å². The maximum absolute atomic E-state index is 12.6. The van der Waals surface area contributed by atoms with E-state index in [2.05, 4.69) is 12.9 Å². The van der Waals surface area contributed by atoms with E-state index in [1.165, 1.54) is 12.1 Å². The summed E-state index contributed by atoms with van der Waals surface area (Å²) in [6.07, 6.45) is -3.14. The SMILES string of the molecule is O=C(CCCN1CCN(c2ccc(C(F)(F)F)cc2)CC1)OI. The number of hydrogen-bond acceptors (Lipinski definition) is 4. The summed E-state index contributed by atoms with van der Waals surface area (Å²) in [4.78, 5) is 15.4. The first kappa shape index (κ1) is 18.3. The van der Waals surface area contributed by atoms with Gasteiger partial charge in [0, 0.05) is 38.3 Å². The molecule has 0 saturated carbocycles. The first-order valence-corrected chi connectivity index (χ1v) is 8.24. The molecule has 0 radical (unpaired) electrons. The van der Waals surface area contributed by atoms with Crippen LogP contribution in [0.25, 0.3) is 0 Å². The van der Waals surface area contributed by atoms with Crippen molar-refractivity contribution in [3.63, 3.8) is 0 Å². The van der Waals surface area contributed by atoms with E-state index in [0.717, 1.165) is 57.0 Å². The highest BCUT2D eigenvalue weighted by atomic mass is 127. The summed E-state index contributed by atoms with van der Waals surface area (Å²) in [5, 5.41) is 0. The number of carbonyl (C=O) groups excluding carboxylic acids is 1. The molecule has 0 N–H and O–H groups in total. The number of benzene rings is 1. The normalized spacial score (nSPS) is 16.4. The van der Waals surface area contributed by atoms with Crippen LogP contribution in [-0.2, 0) is 14.0 Å². The zero-order valence-corrected chi connectivity index (χ0v) is 14.6. The van der Waals surface area contributed by atoms with Crippen molar-refractivity contribution in [1.82, 2.24) is 4.90 Å². The predicted octanol–water partition coefficient (Wildman–Crippen LogP) is 3.50. The molecule has 8 heteroatoms.